The predicted molar refractivity (Wildman–Crippen MR) is 115 cm³/mol. The van der Waals surface area contributed by atoms with E-state index in [9.17, 15) is 9.59 Å². The Bertz CT molecular complexity index is 1030. The third kappa shape index (κ3) is 4.31. The molecule has 1 saturated heterocycles. The van der Waals surface area contributed by atoms with Crippen LogP contribution in [0.2, 0.25) is 5.02 Å². The lowest BCUT2D eigenvalue weighted by Crippen LogP contribution is -2.63. The number of halogens is 1. The summed E-state index contributed by atoms with van der Waals surface area (Å²) in [6, 6.07) is 25.8. The normalized spacial score (nSPS) is 17.9. The Labute approximate surface area is 180 Å². The van der Waals surface area contributed by atoms with Crippen LogP contribution in [0.3, 0.4) is 0 Å². The number of rotatable bonds is 7. The average molecular weight is 421 g/mol. The molecule has 152 valence electrons. The molecule has 1 heterocycles. The number of amides is 2. The lowest BCUT2D eigenvalue weighted by Gasteiger charge is -2.46. The van der Waals surface area contributed by atoms with E-state index in [4.69, 9.17) is 16.3 Å². The molecular weight excluding hydrogens is 400 g/mol. The van der Waals surface area contributed by atoms with Crippen LogP contribution in [-0.2, 0) is 16.1 Å². The van der Waals surface area contributed by atoms with Crippen LogP contribution in [0.4, 0.5) is 0 Å². The van der Waals surface area contributed by atoms with Gasteiger partial charge in [-0.25, -0.2) is 0 Å². The van der Waals surface area contributed by atoms with Crippen molar-refractivity contribution in [3.8, 4) is 5.75 Å². The van der Waals surface area contributed by atoms with Gasteiger partial charge in [-0.1, -0.05) is 78.3 Å². The van der Waals surface area contributed by atoms with Gasteiger partial charge in [-0.05, 0) is 29.3 Å². The van der Waals surface area contributed by atoms with Crippen molar-refractivity contribution in [2.24, 2.45) is 0 Å². The number of nitrogens with one attached hydrogen (secondary N) is 1. The quantitative estimate of drug-likeness (QED) is 0.588. The highest BCUT2D eigenvalue weighted by Crippen LogP contribution is 2.37. The van der Waals surface area contributed by atoms with Gasteiger partial charge in [0.05, 0.1) is 0 Å². The second-order valence-electron chi connectivity index (χ2n) is 7.04. The molecule has 1 aliphatic rings. The zero-order chi connectivity index (χ0) is 20.9. The van der Waals surface area contributed by atoms with E-state index < -0.39 is 6.10 Å². The number of carbonyl (C=O) groups is 2. The van der Waals surface area contributed by atoms with Gasteiger partial charge in [0.2, 0.25) is 12.0 Å². The number of nitrogens with zero attached hydrogens (tertiary/aromatic N) is 1. The molecule has 2 amide bonds. The van der Waals surface area contributed by atoms with E-state index in [-0.39, 0.29) is 24.4 Å². The molecule has 0 bridgehead atoms. The minimum atomic E-state index is -0.661. The average Bonchev–Trinajstić information content (AvgIpc) is 2.78. The monoisotopic (exact) mass is 420 g/mol. The number of para-hydroxylation sites is 1. The summed E-state index contributed by atoms with van der Waals surface area (Å²) in [7, 11) is 0. The van der Waals surface area contributed by atoms with Crippen LogP contribution in [0.15, 0.2) is 84.9 Å². The van der Waals surface area contributed by atoms with Crippen molar-refractivity contribution < 1.29 is 14.3 Å². The fourth-order valence-corrected chi connectivity index (χ4v) is 3.71. The zero-order valence-corrected chi connectivity index (χ0v) is 17.0. The van der Waals surface area contributed by atoms with E-state index in [0.29, 0.717) is 17.3 Å². The topological polar surface area (TPSA) is 58.6 Å². The lowest BCUT2D eigenvalue weighted by molar-refractivity contribution is -0.166. The van der Waals surface area contributed by atoms with E-state index in [1.54, 1.807) is 11.0 Å². The maximum atomic E-state index is 12.8. The molecule has 0 radical (unpaired) electrons. The SMILES string of the molecule is O=C(CN1C(=O)C(Oc2ccccc2)C1c1ccccc1)NCc1ccccc1Cl. The van der Waals surface area contributed by atoms with Gasteiger partial charge in [-0.2, -0.15) is 0 Å². The number of β-lactam (4-membered cyclic amide) rings is 1. The minimum absolute atomic E-state index is 0.0442. The van der Waals surface area contributed by atoms with Crippen molar-refractivity contribution in [2.75, 3.05) is 6.54 Å². The fourth-order valence-electron chi connectivity index (χ4n) is 3.50. The van der Waals surface area contributed by atoms with Crippen LogP contribution in [0.5, 0.6) is 5.75 Å². The molecule has 0 spiro atoms. The third-order valence-electron chi connectivity index (χ3n) is 5.04. The summed E-state index contributed by atoms with van der Waals surface area (Å²) in [6.07, 6.45) is -0.661. The molecule has 4 rings (SSSR count). The number of benzene rings is 3. The summed E-state index contributed by atoms with van der Waals surface area (Å²) in [5.41, 5.74) is 1.75. The molecule has 0 aromatic heterocycles. The second-order valence-corrected chi connectivity index (χ2v) is 7.45. The van der Waals surface area contributed by atoms with Crippen molar-refractivity contribution in [1.82, 2.24) is 10.2 Å². The smallest absolute Gasteiger partial charge is 0.267 e. The lowest BCUT2D eigenvalue weighted by atomic mass is 9.90. The molecule has 3 aromatic carbocycles. The van der Waals surface area contributed by atoms with Crippen LogP contribution < -0.4 is 10.1 Å². The molecule has 0 saturated carbocycles. The van der Waals surface area contributed by atoms with E-state index in [1.165, 1.54) is 0 Å². The van der Waals surface area contributed by atoms with Crippen LogP contribution in [0.25, 0.3) is 0 Å². The van der Waals surface area contributed by atoms with Crippen molar-refractivity contribution in [1.29, 1.82) is 0 Å². The maximum Gasteiger partial charge on any atom is 0.267 e. The van der Waals surface area contributed by atoms with E-state index in [0.717, 1.165) is 11.1 Å². The van der Waals surface area contributed by atoms with Gasteiger partial charge in [-0.3, -0.25) is 9.59 Å². The Balaban J connectivity index is 1.45. The Kier molecular flexibility index (Phi) is 6.00. The number of ether oxygens (including phenoxy) is 1. The van der Waals surface area contributed by atoms with Crippen molar-refractivity contribution in [3.63, 3.8) is 0 Å². The second kappa shape index (κ2) is 9.01. The van der Waals surface area contributed by atoms with Crippen LogP contribution in [0.1, 0.15) is 17.2 Å². The molecule has 30 heavy (non-hydrogen) atoms. The molecule has 1 N–H and O–H groups in total. The highest BCUT2D eigenvalue weighted by atomic mass is 35.5. The molecule has 1 fully saturated rings. The summed E-state index contributed by atoms with van der Waals surface area (Å²) in [5.74, 6) is 0.169. The van der Waals surface area contributed by atoms with Crippen molar-refractivity contribution >= 4 is 23.4 Å². The first-order valence-electron chi connectivity index (χ1n) is 9.71. The highest BCUT2D eigenvalue weighted by Gasteiger charge is 2.50. The summed E-state index contributed by atoms with van der Waals surface area (Å²) in [6.45, 7) is 0.262. The summed E-state index contributed by atoms with van der Waals surface area (Å²) < 4.78 is 5.95. The largest absolute Gasteiger partial charge is 0.478 e. The van der Waals surface area contributed by atoms with Gasteiger partial charge in [0, 0.05) is 11.6 Å². The van der Waals surface area contributed by atoms with Crippen LogP contribution in [-0.4, -0.2) is 29.4 Å². The summed E-state index contributed by atoms with van der Waals surface area (Å²) in [5, 5.41) is 3.43. The molecule has 6 heteroatoms. The molecule has 5 nitrogen and oxygen atoms in total. The van der Waals surface area contributed by atoms with Gasteiger partial charge in [-0.15, -0.1) is 0 Å². The van der Waals surface area contributed by atoms with E-state index in [2.05, 4.69) is 5.32 Å². The number of hydrogen-bond donors (Lipinski definition) is 1. The van der Waals surface area contributed by atoms with E-state index in [1.807, 2.05) is 78.9 Å². The zero-order valence-electron chi connectivity index (χ0n) is 16.2. The van der Waals surface area contributed by atoms with Crippen LogP contribution >= 0.6 is 11.6 Å². The van der Waals surface area contributed by atoms with Gasteiger partial charge in [0.25, 0.3) is 5.91 Å². The molecule has 0 aliphatic carbocycles. The fraction of sp³-hybridized carbons (Fsp3) is 0.167. The first-order valence-corrected chi connectivity index (χ1v) is 10.1. The van der Waals surface area contributed by atoms with Crippen molar-refractivity contribution in [2.45, 2.75) is 18.7 Å². The summed E-state index contributed by atoms with van der Waals surface area (Å²) in [4.78, 5) is 26.9. The summed E-state index contributed by atoms with van der Waals surface area (Å²) >= 11 is 6.14. The van der Waals surface area contributed by atoms with Gasteiger partial charge >= 0.3 is 0 Å². The molecular formula is C24H21ClN2O3. The third-order valence-corrected chi connectivity index (χ3v) is 5.41. The first-order chi connectivity index (χ1) is 14.6. The van der Waals surface area contributed by atoms with E-state index >= 15 is 0 Å². The molecule has 3 aromatic rings. The minimum Gasteiger partial charge on any atom is -0.478 e. The molecule has 1 aliphatic heterocycles. The van der Waals surface area contributed by atoms with Gasteiger partial charge in [0.1, 0.15) is 18.3 Å². The maximum absolute atomic E-state index is 12.8. The van der Waals surface area contributed by atoms with Gasteiger partial charge in [0.15, 0.2) is 0 Å². The number of hydrogen-bond acceptors (Lipinski definition) is 3. The van der Waals surface area contributed by atoms with Crippen molar-refractivity contribution in [3.05, 3.63) is 101 Å². The van der Waals surface area contributed by atoms with Gasteiger partial charge < -0.3 is 15.0 Å². The first kappa shape index (κ1) is 20.0. The number of likely N-dealkylation sites (tertiary alicyclic amines) is 1. The Hall–Kier alpha value is -3.31. The predicted octanol–water partition coefficient (Wildman–Crippen LogP) is 3.99. The molecule has 2 atom stereocenters. The number of carbonyl (C=O) groups excluding carboxylic acids is 2. The standard InChI is InChI=1S/C24H21ClN2O3/c25-20-14-8-7-11-18(20)15-26-21(28)16-27-22(17-9-3-1-4-10-17)23(24(27)29)30-19-12-5-2-6-13-19/h1-14,22-23H,15-16H2,(H,26,28). The highest BCUT2D eigenvalue weighted by molar-refractivity contribution is 6.31. The Morgan fingerprint density at radius 2 is 1.57 bits per heavy atom. The Morgan fingerprint density at radius 3 is 2.27 bits per heavy atom. The Morgan fingerprint density at radius 1 is 0.933 bits per heavy atom. The van der Waals surface area contributed by atoms with Crippen LogP contribution in [0, 0.1) is 0 Å². The molecule has 2 unspecified atom stereocenters.